The van der Waals surface area contributed by atoms with E-state index < -0.39 is 0 Å². The second-order valence-electron chi connectivity index (χ2n) is 7.71. The van der Waals surface area contributed by atoms with Crippen LogP contribution in [0, 0.1) is 0 Å². The number of benzene rings is 2. The second-order valence-corrected chi connectivity index (χ2v) is 7.71. The predicted octanol–water partition coefficient (Wildman–Crippen LogP) is 2.04. The summed E-state index contributed by atoms with van der Waals surface area (Å²) in [6.07, 6.45) is 0. The molecule has 3 aromatic rings. The van der Waals surface area contributed by atoms with Gasteiger partial charge in [0, 0.05) is 38.3 Å². The lowest BCUT2D eigenvalue weighted by atomic mass is 10.1. The smallest absolute Gasteiger partial charge is 0.176 e. The zero-order chi connectivity index (χ0) is 20.9. The number of rotatable bonds is 8. The molecular weight excluding hydrogens is 380 g/mol. The average molecular weight is 409 g/mol. The summed E-state index contributed by atoms with van der Waals surface area (Å²) < 4.78 is 7.89. The number of carbonyl (C=O) groups excluding carboxylic acids is 1. The summed E-state index contributed by atoms with van der Waals surface area (Å²) in [7, 11) is 2.11. The van der Waals surface area contributed by atoms with E-state index in [-0.39, 0.29) is 12.4 Å². The van der Waals surface area contributed by atoms with Crippen LogP contribution in [-0.4, -0.2) is 76.6 Å². The summed E-state index contributed by atoms with van der Waals surface area (Å²) in [5, 5.41) is 9.39. The maximum Gasteiger partial charge on any atom is 0.176 e. The fraction of sp³-hybridized carbons (Fsp3) is 0.391. The Kier molecular flexibility index (Phi) is 6.42. The van der Waals surface area contributed by atoms with E-state index in [1.54, 1.807) is 0 Å². The largest absolute Gasteiger partial charge is 0.486 e. The zero-order valence-corrected chi connectivity index (χ0v) is 17.3. The zero-order valence-electron chi connectivity index (χ0n) is 17.3. The highest BCUT2D eigenvalue weighted by Gasteiger charge is 2.17. The van der Waals surface area contributed by atoms with Crippen LogP contribution in [0.5, 0.6) is 5.75 Å². The molecule has 0 saturated carbocycles. The number of aliphatic hydroxyl groups excluding tert-OH is 1. The number of aliphatic hydroxyl groups is 1. The lowest BCUT2D eigenvalue weighted by molar-refractivity contribution is 0.0876. The molecule has 0 atom stereocenters. The Labute approximate surface area is 176 Å². The van der Waals surface area contributed by atoms with E-state index in [1.165, 1.54) is 0 Å². The fourth-order valence-corrected chi connectivity index (χ4v) is 3.77. The van der Waals surface area contributed by atoms with E-state index in [4.69, 9.17) is 4.74 Å². The van der Waals surface area contributed by atoms with E-state index in [9.17, 15) is 9.90 Å². The lowest BCUT2D eigenvalue weighted by Gasteiger charge is -2.31. The third kappa shape index (κ3) is 4.70. The number of carbonyl (C=O) groups is 1. The van der Waals surface area contributed by atoms with Crippen LogP contribution in [0.3, 0.4) is 0 Å². The van der Waals surface area contributed by atoms with Crippen LogP contribution >= 0.6 is 0 Å². The number of hydrogen-bond donors (Lipinski definition) is 1. The number of imidazole rings is 1. The van der Waals surface area contributed by atoms with Gasteiger partial charge in [0.05, 0.1) is 24.2 Å². The van der Waals surface area contributed by atoms with Crippen molar-refractivity contribution < 1.29 is 14.6 Å². The number of nitrogens with zero attached hydrogens (tertiary/aromatic N) is 4. The number of fused-ring (bicyclic) bond motifs is 1. The molecule has 0 unspecified atom stereocenters. The summed E-state index contributed by atoms with van der Waals surface area (Å²) in [6, 6.07) is 15.2. The molecule has 2 heterocycles. The summed E-state index contributed by atoms with van der Waals surface area (Å²) in [4.78, 5) is 21.7. The van der Waals surface area contributed by atoms with Crippen molar-refractivity contribution in [1.82, 2.24) is 19.4 Å². The highest BCUT2D eigenvalue weighted by atomic mass is 16.5. The third-order valence-electron chi connectivity index (χ3n) is 5.56. The molecule has 0 amide bonds. The van der Waals surface area contributed by atoms with Gasteiger partial charge in [0.2, 0.25) is 0 Å². The SMILES string of the molecule is CN1CCN(CC(=O)c2ccc(OCc3nc4ccccc4n3CCO)cc2)CC1. The first-order valence-corrected chi connectivity index (χ1v) is 10.4. The first-order valence-electron chi connectivity index (χ1n) is 10.4. The van der Waals surface area contributed by atoms with Crippen molar-refractivity contribution in [2.45, 2.75) is 13.2 Å². The molecule has 158 valence electrons. The molecule has 2 aromatic carbocycles. The highest BCUT2D eigenvalue weighted by Crippen LogP contribution is 2.19. The molecule has 1 aromatic heterocycles. The van der Waals surface area contributed by atoms with Crippen LogP contribution in [0.25, 0.3) is 11.0 Å². The summed E-state index contributed by atoms with van der Waals surface area (Å²) in [5.74, 6) is 1.59. The Balaban J connectivity index is 1.38. The molecule has 4 rings (SSSR count). The van der Waals surface area contributed by atoms with E-state index in [0.29, 0.717) is 31.0 Å². The summed E-state index contributed by atoms with van der Waals surface area (Å²) in [6.45, 7) is 5.12. The van der Waals surface area contributed by atoms with E-state index in [1.807, 2.05) is 53.1 Å². The molecule has 30 heavy (non-hydrogen) atoms. The molecule has 1 saturated heterocycles. The lowest BCUT2D eigenvalue weighted by Crippen LogP contribution is -2.46. The van der Waals surface area contributed by atoms with Gasteiger partial charge in [0.1, 0.15) is 18.2 Å². The summed E-state index contributed by atoms with van der Waals surface area (Å²) >= 11 is 0. The van der Waals surface area contributed by atoms with Crippen molar-refractivity contribution in [3.05, 3.63) is 59.9 Å². The Morgan fingerprint density at radius 3 is 2.53 bits per heavy atom. The van der Waals surface area contributed by atoms with Crippen LogP contribution in [0.2, 0.25) is 0 Å². The Bertz CT molecular complexity index is 991. The maximum absolute atomic E-state index is 12.6. The molecule has 7 nitrogen and oxygen atoms in total. The molecule has 0 radical (unpaired) electrons. The maximum atomic E-state index is 12.6. The van der Waals surface area contributed by atoms with Crippen molar-refractivity contribution >= 4 is 16.8 Å². The van der Waals surface area contributed by atoms with Gasteiger partial charge in [-0.2, -0.15) is 0 Å². The van der Waals surface area contributed by atoms with Gasteiger partial charge in [-0.3, -0.25) is 9.69 Å². The van der Waals surface area contributed by atoms with Gasteiger partial charge in [-0.25, -0.2) is 4.98 Å². The average Bonchev–Trinajstić information content (AvgIpc) is 3.12. The van der Waals surface area contributed by atoms with Gasteiger partial charge in [-0.1, -0.05) is 12.1 Å². The Morgan fingerprint density at radius 2 is 1.80 bits per heavy atom. The fourth-order valence-electron chi connectivity index (χ4n) is 3.77. The summed E-state index contributed by atoms with van der Waals surface area (Å²) in [5.41, 5.74) is 2.57. The first kappa shape index (κ1) is 20.5. The van der Waals surface area contributed by atoms with Gasteiger partial charge < -0.3 is 19.3 Å². The molecular formula is C23H28N4O3. The molecule has 1 aliphatic rings. The molecule has 0 aliphatic carbocycles. The number of ketones is 1. The van der Waals surface area contributed by atoms with Gasteiger partial charge in [-0.05, 0) is 43.4 Å². The minimum absolute atomic E-state index is 0.0392. The van der Waals surface area contributed by atoms with Gasteiger partial charge in [0.15, 0.2) is 5.78 Å². The molecule has 1 N–H and O–H groups in total. The third-order valence-corrected chi connectivity index (χ3v) is 5.56. The number of hydrogen-bond acceptors (Lipinski definition) is 6. The standard InChI is InChI=1S/C23H28N4O3/c1-25-10-12-26(13-11-25)16-22(29)18-6-8-19(9-7-18)30-17-23-24-20-4-2-3-5-21(20)27(23)14-15-28/h2-9,28H,10-17H2,1H3. The van der Waals surface area contributed by atoms with Crippen LogP contribution in [0.4, 0.5) is 0 Å². The van der Waals surface area contributed by atoms with E-state index in [0.717, 1.165) is 43.0 Å². The van der Waals surface area contributed by atoms with Gasteiger partial charge in [-0.15, -0.1) is 0 Å². The topological polar surface area (TPSA) is 70.8 Å². The number of likely N-dealkylation sites (N-methyl/N-ethyl adjacent to an activating group) is 1. The Hall–Kier alpha value is -2.74. The number of aromatic nitrogens is 2. The van der Waals surface area contributed by atoms with Gasteiger partial charge in [0.25, 0.3) is 0 Å². The van der Waals surface area contributed by atoms with Gasteiger partial charge >= 0.3 is 0 Å². The van der Waals surface area contributed by atoms with Crippen molar-refractivity contribution in [2.75, 3.05) is 46.4 Å². The van der Waals surface area contributed by atoms with Crippen molar-refractivity contribution in [3.63, 3.8) is 0 Å². The monoisotopic (exact) mass is 408 g/mol. The van der Waals surface area contributed by atoms with Crippen LogP contribution in [-0.2, 0) is 13.2 Å². The molecule has 7 heteroatoms. The predicted molar refractivity (Wildman–Crippen MR) is 116 cm³/mol. The normalized spacial score (nSPS) is 15.5. The van der Waals surface area contributed by atoms with Crippen LogP contribution < -0.4 is 4.74 Å². The quantitative estimate of drug-likeness (QED) is 0.575. The van der Waals surface area contributed by atoms with Crippen LogP contribution in [0.15, 0.2) is 48.5 Å². The van der Waals surface area contributed by atoms with Crippen LogP contribution in [0.1, 0.15) is 16.2 Å². The minimum atomic E-state index is 0.0392. The molecule has 1 aliphatic heterocycles. The first-order chi connectivity index (χ1) is 14.6. The number of Topliss-reactive ketones (excluding diaryl/α,β-unsaturated/α-hetero) is 1. The Morgan fingerprint density at radius 1 is 1.07 bits per heavy atom. The van der Waals surface area contributed by atoms with E-state index in [2.05, 4.69) is 21.8 Å². The number of ether oxygens (including phenoxy) is 1. The number of piperazine rings is 1. The van der Waals surface area contributed by atoms with E-state index >= 15 is 0 Å². The van der Waals surface area contributed by atoms with Crippen molar-refractivity contribution in [3.8, 4) is 5.75 Å². The number of para-hydroxylation sites is 2. The minimum Gasteiger partial charge on any atom is -0.486 e. The molecule has 1 fully saturated rings. The van der Waals surface area contributed by atoms with Crippen molar-refractivity contribution in [2.24, 2.45) is 0 Å². The molecule has 0 bridgehead atoms. The molecule has 0 spiro atoms. The van der Waals surface area contributed by atoms with Crippen molar-refractivity contribution in [1.29, 1.82) is 0 Å². The highest BCUT2D eigenvalue weighted by molar-refractivity contribution is 5.97. The second kappa shape index (κ2) is 9.38.